The summed E-state index contributed by atoms with van der Waals surface area (Å²) < 4.78 is 0. The molecular weight excluding hydrogens is 254 g/mol. The summed E-state index contributed by atoms with van der Waals surface area (Å²) in [6.45, 7) is 5.94. The molecule has 0 aliphatic heterocycles. The highest BCUT2D eigenvalue weighted by molar-refractivity contribution is 7.11. The van der Waals surface area contributed by atoms with Crippen LogP contribution in [-0.2, 0) is 13.1 Å². The smallest absolute Gasteiger partial charge is 0.0900 e. The van der Waals surface area contributed by atoms with Crippen LogP contribution in [0.3, 0.4) is 0 Å². The highest BCUT2D eigenvalue weighted by atomic mass is 32.1. The van der Waals surface area contributed by atoms with Crippen LogP contribution in [0.5, 0.6) is 0 Å². The fraction of sp³-hybridized carbons (Fsp3) is 0.400. The van der Waals surface area contributed by atoms with Gasteiger partial charge in [0.25, 0.3) is 0 Å². The van der Waals surface area contributed by atoms with E-state index in [2.05, 4.69) is 67.4 Å². The van der Waals surface area contributed by atoms with Gasteiger partial charge in [0.15, 0.2) is 0 Å². The average molecular weight is 275 g/mol. The molecule has 0 aliphatic carbocycles. The van der Waals surface area contributed by atoms with Crippen LogP contribution in [0.15, 0.2) is 24.3 Å². The van der Waals surface area contributed by atoms with Crippen LogP contribution in [0.25, 0.3) is 0 Å². The number of hydrogen-bond donors (Lipinski definition) is 1. The molecule has 1 heterocycles. The van der Waals surface area contributed by atoms with Gasteiger partial charge in [0.1, 0.15) is 0 Å². The van der Waals surface area contributed by atoms with Crippen molar-refractivity contribution in [3.8, 4) is 0 Å². The Balaban J connectivity index is 2.01. The average Bonchev–Trinajstić information content (AvgIpc) is 2.65. The molecule has 0 atom stereocenters. The molecule has 1 aromatic carbocycles. The van der Waals surface area contributed by atoms with Crippen LogP contribution in [-0.4, -0.2) is 24.0 Å². The SMILES string of the molecule is Cc1nc(C)c(CNc2cccc(CN(C)C)c2)s1. The van der Waals surface area contributed by atoms with Gasteiger partial charge in [0.05, 0.1) is 17.2 Å². The standard InChI is InChI=1S/C15H21N3S/c1-11-15(19-12(2)17-11)9-16-14-7-5-6-13(8-14)10-18(3)4/h5-8,16H,9-10H2,1-4H3. The van der Waals surface area contributed by atoms with Crippen LogP contribution in [0.2, 0.25) is 0 Å². The lowest BCUT2D eigenvalue weighted by Gasteiger charge is -2.11. The molecule has 4 heteroatoms. The normalized spacial score (nSPS) is 11.0. The Morgan fingerprint density at radius 2 is 2.05 bits per heavy atom. The zero-order valence-electron chi connectivity index (χ0n) is 12.0. The Labute approximate surface area is 119 Å². The van der Waals surface area contributed by atoms with E-state index >= 15 is 0 Å². The van der Waals surface area contributed by atoms with E-state index in [1.165, 1.54) is 16.1 Å². The van der Waals surface area contributed by atoms with Gasteiger partial charge in [-0.3, -0.25) is 0 Å². The maximum absolute atomic E-state index is 4.45. The van der Waals surface area contributed by atoms with Crippen molar-refractivity contribution in [1.82, 2.24) is 9.88 Å². The van der Waals surface area contributed by atoms with Crippen molar-refractivity contribution in [2.24, 2.45) is 0 Å². The van der Waals surface area contributed by atoms with Crippen molar-refractivity contribution in [2.45, 2.75) is 26.9 Å². The molecule has 0 radical (unpaired) electrons. The Bertz CT molecular complexity index is 546. The molecule has 0 bridgehead atoms. The summed E-state index contributed by atoms with van der Waals surface area (Å²) in [4.78, 5) is 7.94. The monoisotopic (exact) mass is 275 g/mol. The lowest BCUT2D eigenvalue weighted by atomic mass is 10.2. The first kappa shape index (κ1) is 14.0. The molecule has 2 rings (SSSR count). The molecule has 0 amide bonds. The Kier molecular flexibility index (Phi) is 4.56. The molecule has 1 aromatic heterocycles. The molecule has 1 N–H and O–H groups in total. The quantitative estimate of drug-likeness (QED) is 0.906. The van der Waals surface area contributed by atoms with Gasteiger partial charge >= 0.3 is 0 Å². The number of aromatic nitrogens is 1. The number of hydrogen-bond acceptors (Lipinski definition) is 4. The summed E-state index contributed by atoms with van der Waals surface area (Å²) in [7, 11) is 4.17. The number of thiazole rings is 1. The molecule has 102 valence electrons. The summed E-state index contributed by atoms with van der Waals surface area (Å²) >= 11 is 1.77. The summed E-state index contributed by atoms with van der Waals surface area (Å²) in [6.07, 6.45) is 0. The van der Waals surface area contributed by atoms with Crippen molar-refractivity contribution in [3.63, 3.8) is 0 Å². The minimum absolute atomic E-state index is 0.850. The van der Waals surface area contributed by atoms with Gasteiger partial charge in [-0.25, -0.2) is 4.98 Å². The van der Waals surface area contributed by atoms with Crippen molar-refractivity contribution in [3.05, 3.63) is 45.4 Å². The van der Waals surface area contributed by atoms with E-state index in [1.54, 1.807) is 11.3 Å². The Morgan fingerprint density at radius 1 is 1.26 bits per heavy atom. The molecule has 0 saturated heterocycles. The molecule has 0 fully saturated rings. The zero-order valence-corrected chi connectivity index (χ0v) is 12.8. The second-order valence-electron chi connectivity index (χ2n) is 5.03. The van der Waals surface area contributed by atoms with Crippen molar-refractivity contribution < 1.29 is 0 Å². The van der Waals surface area contributed by atoms with Gasteiger partial charge in [0, 0.05) is 17.1 Å². The van der Waals surface area contributed by atoms with Crippen LogP contribution in [0.1, 0.15) is 21.1 Å². The first-order valence-electron chi connectivity index (χ1n) is 6.45. The summed E-state index contributed by atoms with van der Waals surface area (Å²) in [6, 6.07) is 8.59. The topological polar surface area (TPSA) is 28.2 Å². The Hall–Kier alpha value is -1.39. The highest BCUT2D eigenvalue weighted by Gasteiger charge is 2.04. The van der Waals surface area contributed by atoms with Crippen molar-refractivity contribution in [2.75, 3.05) is 19.4 Å². The van der Waals surface area contributed by atoms with Gasteiger partial charge in [-0.15, -0.1) is 11.3 Å². The third-order valence-electron chi connectivity index (χ3n) is 2.88. The van der Waals surface area contributed by atoms with Gasteiger partial charge in [-0.2, -0.15) is 0 Å². The molecule has 2 aromatic rings. The number of aryl methyl sites for hydroxylation is 2. The zero-order chi connectivity index (χ0) is 13.8. The van der Waals surface area contributed by atoms with E-state index in [0.717, 1.165) is 23.8 Å². The third kappa shape index (κ3) is 4.04. The lowest BCUT2D eigenvalue weighted by molar-refractivity contribution is 0.402. The molecule has 0 spiro atoms. The maximum atomic E-state index is 4.45. The lowest BCUT2D eigenvalue weighted by Crippen LogP contribution is -2.10. The minimum atomic E-state index is 0.850. The molecule has 19 heavy (non-hydrogen) atoms. The van der Waals surface area contributed by atoms with Crippen LogP contribution >= 0.6 is 11.3 Å². The summed E-state index contributed by atoms with van der Waals surface area (Å²) in [5.74, 6) is 0. The molecule has 0 aliphatic rings. The molecule has 3 nitrogen and oxygen atoms in total. The molecule has 0 unspecified atom stereocenters. The number of rotatable bonds is 5. The second-order valence-corrected chi connectivity index (χ2v) is 6.32. The number of anilines is 1. The van der Waals surface area contributed by atoms with Crippen molar-refractivity contribution in [1.29, 1.82) is 0 Å². The third-order valence-corrected chi connectivity index (χ3v) is 3.95. The van der Waals surface area contributed by atoms with Gasteiger partial charge < -0.3 is 10.2 Å². The molecule has 0 saturated carbocycles. The summed E-state index contributed by atoms with van der Waals surface area (Å²) in [5.41, 5.74) is 3.64. The van der Waals surface area contributed by atoms with E-state index in [4.69, 9.17) is 0 Å². The number of nitrogens with one attached hydrogen (secondary N) is 1. The van der Waals surface area contributed by atoms with Gasteiger partial charge in [0.2, 0.25) is 0 Å². The largest absolute Gasteiger partial charge is 0.380 e. The number of benzene rings is 1. The summed E-state index contributed by atoms with van der Waals surface area (Å²) in [5, 5.41) is 4.62. The fourth-order valence-electron chi connectivity index (χ4n) is 2.06. The van der Waals surface area contributed by atoms with Crippen molar-refractivity contribution >= 4 is 17.0 Å². The first-order chi connectivity index (χ1) is 9.04. The first-order valence-corrected chi connectivity index (χ1v) is 7.26. The maximum Gasteiger partial charge on any atom is 0.0900 e. The highest BCUT2D eigenvalue weighted by Crippen LogP contribution is 2.19. The minimum Gasteiger partial charge on any atom is -0.380 e. The van der Waals surface area contributed by atoms with E-state index in [9.17, 15) is 0 Å². The van der Waals surface area contributed by atoms with E-state index < -0.39 is 0 Å². The van der Waals surface area contributed by atoms with E-state index in [1.807, 2.05) is 0 Å². The predicted molar refractivity (Wildman–Crippen MR) is 82.7 cm³/mol. The predicted octanol–water partition coefficient (Wildman–Crippen LogP) is 3.43. The van der Waals surface area contributed by atoms with Crippen LogP contribution in [0, 0.1) is 13.8 Å². The second kappa shape index (κ2) is 6.17. The van der Waals surface area contributed by atoms with Gasteiger partial charge in [-0.05, 0) is 45.6 Å². The number of nitrogens with zero attached hydrogens (tertiary/aromatic N) is 2. The van der Waals surface area contributed by atoms with Crippen LogP contribution < -0.4 is 5.32 Å². The fourth-order valence-corrected chi connectivity index (χ4v) is 2.94. The molecular formula is C15H21N3S. The van der Waals surface area contributed by atoms with Gasteiger partial charge in [-0.1, -0.05) is 12.1 Å². The van der Waals surface area contributed by atoms with E-state index in [0.29, 0.717) is 0 Å². The van der Waals surface area contributed by atoms with E-state index in [-0.39, 0.29) is 0 Å². The van der Waals surface area contributed by atoms with Crippen LogP contribution in [0.4, 0.5) is 5.69 Å². The Morgan fingerprint density at radius 3 is 2.68 bits per heavy atom.